The van der Waals surface area contributed by atoms with Crippen molar-refractivity contribution in [1.29, 1.82) is 0 Å². The Hall–Kier alpha value is -3.37. The number of nitrogens with two attached hydrogens (primary N) is 1. The monoisotopic (exact) mass is 367 g/mol. The Morgan fingerprint density at radius 1 is 1.04 bits per heavy atom. The van der Waals surface area contributed by atoms with Gasteiger partial charge in [-0.25, -0.2) is 23.5 Å². The van der Waals surface area contributed by atoms with E-state index in [4.69, 9.17) is 5.14 Å². The zero-order chi connectivity index (χ0) is 18.1. The number of nitrogens with zero attached hydrogens (tertiary/aromatic N) is 5. The lowest BCUT2D eigenvalue weighted by atomic mass is 10.2. The van der Waals surface area contributed by atoms with Gasteiger partial charge in [-0.2, -0.15) is 14.8 Å². The minimum absolute atomic E-state index is 0.00681. The average Bonchev–Trinajstić information content (AvgIpc) is 3.06. The molecule has 0 atom stereocenters. The molecule has 3 N–H and O–H groups in total. The van der Waals surface area contributed by atoms with Crippen LogP contribution in [0.5, 0.6) is 0 Å². The van der Waals surface area contributed by atoms with Crippen molar-refractivity contribution in [2.24, 2.45) is 5.14 Å². The summed E-state index contributed by atoms with van der Waals surface area (Å²) >= 11 is 0. The summed E-state index contributed by atoms with van der Waals surface area (Å²) in [6, 6.07) is 11.6. The van der Waals surface area contributed by atoms with E-state index in [1.807, 2.05) is 12.1 Å². The highest BCUT2D eigenvalue weighted by molar-refractivity contribution is 7.89. The van der Waals surface area contributed by atoms with Crippen molar-refractivity contribution in [2.75, 3.05) is 5.32 Å². The number of sulfonamides is 1. The first kappa shape index (κ1) is 16.1. The second-order valence-corrected chi connectivity index (χ2v) is 6.98. The molecule has 0 spiro atoms. The summed E-state index contributed by atoms with van der Waals surface area (Å²) in [5.41, 5.74) is 2.79. The molecule has 0 fully saturated rings. The van der Waals surface area contributed by atoms with Crippen LogP contribution in [0.1, 0.15) is 0 Å². The summed E-state index contributed by atoms with van der Waals surface area (Å²) in [6.07, 6.45) is 4.93. The lowest BCUT2D eigenvalue weighted by Crippen LogP contribution is -2.12. The molecule has 3 aromatic heterocycles. The van der Waals surface area contributed by atoms with E-state index < -0.39 is 10.0 Å². The van der Waals surface area contributed by atoms with Crippen LogP contribution in [0, 0.1) is 0 Å². The number of primary sulfonamides is 1. The Bertz CT molecular complexity index is 1200. The normalized spacial score (nSPS) is 11.6. The van der Waals surface area contributed by atoms with Crippen LogP contribution < -0.4 is 10.5 Å². The maximum atomic E-state index is 11.5. The SMILES string of the molecule is NS(=O)(=O)c1cccc(Nc2nccc(-c3cnn4ncccc34)n2)c1. The second kappa shape index (κ2) is 6.17. The molecule has 0 saturated carbocycles. The lowest BCUT2D eigenvalue weighted by molar-refractivity contribution is 0.598. The van der Waals surface area contributed by atoms with Gasteiger partial charge in [0.25, 0.3) is 0 Å². The fraction of sp³-hybridized carbons (Fsp3) is 0. The first-order chi connectivity index (χ1) is 12.5. The Balaban J connectivity index is 1.69. The van der Waals surface area contributed by atoms with Gasteiger partial charge < -0.3 is 5.32 Å². The maximum Gasteiger partial charge on any atom is 0.238 e. The minimum atomic E-state index is -3.78. The number of fused-ring (bicyclic) bond motifs is 1. The van der Waals surface area contributed by atoms with Gasteiger partial charge in [0.1, 0.15) is 0 Å². The van der Waals surface area contributed by atoms with E-state index in [0.717, 1.165) is 11.1 Å². The molecular formula is C16H13N7O2S. The predicted molar refractivity (Wildman–Crippen MR) is 95.1 cm³/mol. The number of rotatable bonds is 4. The summed E-state index contributed by atoms with van der Waals surface area (Å²) in [4.78, 5) is 8.65. The van der Waals surface area contributed by atoms with Crippen LogP contribution in [0.4, 0.5) is 11.6 Å². The number of nitrogens with one attached hydrogen (secondary N) is 1. The molecule has 4 aromatic rings. The van der Waals surface area contributed by atoms with Gasteiger partial charge in [0.15, 0.2) is 0 Å². The number of benzene rings is 1. The van der Waals surface area contributed by atoms with Crippen molar-refractivity contribution in [3.8, 4) is 11.3 Å². The number of hydrogen-bond donors (Lipinski definition) is 2. The number of anilines is 2. The fourth-order valence-electron chi connectivity index (χ4n) is 2.48. The fourth-order valence-corrected chi connectivity index (χ4v) is 3.04. The second-order valence-electron chi connectivity index (χ2n) is 5.42. The molecule has 0 aliphatic rings. The zero-order valence-electron chi connectivity index (χ0n) is 13.3. The highest BCUT2D eigenvalue weighted by Crippen LogP contribution is 2.23. The van der Waals surface area contributed by atoms with Crippen molar-refractivity contribution < 1.29 is 8.42 Å². The van der Waals surface area contributed by atoms with Gasteiger partial charge in [-0.1, -0.05) is 6.07 Å². The van der Waals surface area contributed by atoms with Gasteiger partial charge in [-0.05, 0) is 36.4 Å². The lowest BCUT2D eigenvalue weighted by Gasteiger charge is -2.07. The van der Waals surface area contributed by atoms with E-state index in [1.165, 1.54) is 16.8 Å². The van der Waals surface area contributed by atoms with Gasteiger partial charge in [0.05, 0.1) is 22.3 Å². The molecule has 0 aliphatic carbocycles. The van der Waals surface area contributed by atoms with Gasteiger partial charge >= 0.3 is 0 Å². The maximum absolute atomic E-state index is 11.5. The molecular weight excluding hydrogens is 354 g/mol. The van der Waals surface area contributed by atoms with Crippen LogP contribution in [0.25, 0.3) is 16.8 Å². The summed E-state index contributed by atoms with van der Waals surface area (Å²) in [5.74, 6) is 0.317. The van der Waals surface area contributed by atoms with E-state index in [9.17, 15) is 8.42 Å². The van der Waals surface area contributed by atoms with Gasteiger partial charge in [-0.15, -0.1) is 0 Å². The average molecular weight is 367 g/mol. The molecule has 0 amide bonds. The summed E-state index contributed by atoms with van der Waals surface area (Å²) in [6.45, 7) is 0. The first-order valence-electron chi connectivity index (χ1n) is 7.53. The molecule has 0 bridgehead atoms. The molecule has 0 radical (unpaired) electrons. The van der Waals surface area contributed by atoms with Crippen molar-refractivity contribution in [3.05, 3.63) is 61.1 Å². The highest BCUT2D eigenvalue weighted by Gasteiger charge is 2.11. The van der Waals surface area contributed by atoms with Crippen molar-refractivity contribution in [1.82, 2.24) is 24.8 Å². The first-order valence-corrected chi connectivity index (χ1v) is 9.08. The third-order valence-electron chi connectivity index (χ3n) is 3.65. The highest BCUT2D eigenvalue weighted by atomic mass is 32.2. The quantitative estimate of drug-likeness (QED) is 0.560. The molecule has 1 aromatic carbocycles. The van der Waals surface area contributed by atoms with Crippen LogP contribution >= 0.6 is 0 Å². The molecule has 130 valence electrons. The topological polar surface area (TPSA) is 128 Å². The predicted octanol–water partition coefficient (Wildman–Crippen LogP) is 1.58. The standard InChI is InChI=1S/C16H13N7O2S/c17-26(24,25)12-4-1-3-11(9-12)21-16-18-8-6-14(22-16)13-10-20-23-15(13)5-2-7-19-23/h1-10H,(H2,17,24,25)(H,18,21,22). The Labute approximate surface area is 148 Å². The van der Waals surface area contributed by atoms with E-state index >= 15 is 0 Å². The van der Waals surface area contributed by atoms with E-state index in [0.29, 0.717) is 17.3 Å². The summed E-state index contributed by atoms with van der Waals surface area (Å²) in [7, 11) is -3.78. The molecule has 9 nitrogen and oxygen atoms in total. The van der Waals surface area contributed by atoms with Crippen LogP contribution in [-0.4, -0.2) is 33.2 Å². The minimum Gasteiger partial charge on any atom is -0.324 e. The van der Waals surface area contributed by atoms with Crippen LogP contribution in [0.3, 0.4) is 0 Å². The van der Waals surface area contributed by atoms with E-state index in [-0.39, 0.29) is 4.90 Å². The summed E-state index contributed by atoms with van der Waals surface area (Å²) < 4.78 is 24.5. The third kappa shape index (κ3) is 3.10. The number of aromatic nitrogens is 5. The van der Waals surface area contributed by atoms with Gasteiger partial charge in [-0.3, -0.25) is 0 Å². The van der Waals surface area contributed by atoms with Crippen molar-refractivity contribution in [3.63, 3.8) is 0 Å². The molecule has 0 saturated heterocycles. The van der Waals surface area contributed by atoms with Crippen LogP contribution in [-0.2, 0) is 10.0 Å². The van der Waals surface area contributed by atoms with Gasteiger partial charge in [0, 0.05) is 23.6 Å². The molecule has 10 heteroatoms. The van der Waals surface area contributed by atoms with Crippen LogP contribution in [0.2, 0.25) is 0 Å². The molecule has 0 unspecified atom stereocenters. The number of hydrogen-bond acceptors (Lipinski definition) is 7. The smallest absolute Gasteiger partial charge is 0.238 e. The van der Waals surface area contributed by atoms with E-state index in [1.54, 1.807) is 36.8 Å². The molecule has 26 heavy (non-hydrogen) atoms. The molecule has 4 rings (SSSR count). The van der Waals surface area contributed by atoms with Crippen molar-refractivity contribution >= 4 is 27.2 Å². The Kier molecular flexibility index (Phi) is 3.82. The van der Waals surface area contributed by atoms with Crippen molar-refractivity contribution in [2.45, 2.75) is 4.90 Å². The molecule has 3 heterocycles. The molecule has 0 aliphatic heterocycles. The zero-order valence-corrected chi connectivity index (χ0v) is 14.1. The Morgan fingerprint density at radius 3 is 2.77 bits per heavy atom. The largest absolute Gasteiger partial charge is 0.324 e. The third-order valence-corrected chi connectivity index (χ3v) is 4.57. The van der Waals surface area contributed by atoms with Crippen LogP contribution in [0.15, 0.2) is 66.0 Å². The van der Waals surface area contributed by atoms with E-state index in [2.05, 4.69) is 25.5 Å². The van der Waals surface area contributed by atoms with Gasteiger partial charge in [0.2, 0.25) is 16.0 Å². The summed E-state index contributed by atoms with van der Waals surface area (Å²) in [5, 5.41) is 16.5. The Morgan fingerprint density at radius 2 is 1.92 bits per heavy atom.